The van der Waals surface area contributed by atoms with E-state index in [1.54, 1.807) is 0 Å². The van der Waals surface area contributed by atoms with E-state index >= 15 is 0 Å². The quantitative estimate of drug-likeness (QED) is 0.418. The van der Waals surface area contributed by atoms with Gasteiger partial charge in [0.1, 0.15) is 12.4 Å². The molecule has 3 rings (SSSR count). The van der Waals surface area contributed by atoms with Gasteiger partial charge in [-0.1, -0.05) is 42.5 Å². The van der Waals surface area contributed by atoms with E-state index in [-0.39, 0.29) is 5.91 Å². The fourth-order valence-corrected chi connectivity index (χ4v) is 3.89. The predicted octanol–water partition coefficient (Wildman–Crippen LogP) is 4.97. The van der Waals surface area contributed by atoms with Gasteiger partial charge >= 0.3 is 0 Å². The number of benzene rings is 2. The summed E-state index contributed by atoms with van der Waals surface area (Å²) >= 11 is 0. The highest BCUT2D eigenvalue weighted by atomic mass is 16.5. The van der Waals surface area contributed by atoms with Crippen LogP contribution in [0.5, 0.6) is 5.75 Å². The molecule has 33 heavy (non-hydrogen) atoms. The third-order valence-corrected chi connectivity index (χ3v) is 5.84. The Morgan fingerprint density at radius 2 is 1.82 bits per heavy atom. The lowest BCUT2D eigenvalue weighted by molar-refractivity contribution is -0.131. The van der Waals surface area contributed by atoms with E-state index < -0.39 is 0 Å². The van der Waals surface area contributed by atoms with E-state index in [2.05, 4.69) is 11.2 Å². The maximum atomic E-state index is 12.9. The molecule has 0 aliphatic heterocycles. The number of ether oxygens (including phenoxy) is 1. The minimum atomic E-state index is 0.130. The number of rotatable bonds is 11. The van der Waals surface area contributed by atoms with Crippen LogP contribution in [0.4, 0.5) is 0 Å². The first-order valence-corrected chi connectivity index (χ1v) is 11.4. The zero-order valence-electron chi connectivity index (χ0n) is 19.8. The van der Waals surface area contributed by atoms with Crippen LogP contribution in [0.1, 0.15) is 47.8 Å². The lowest BCUT2D eigenvalue weighted by Gasteiger charge is -2.21. The van der Waals surface area contributed by atoms with Crippen LogP contribution in [-0.4, -0.2) is 27.1 Å². The van der Waals surface area contributed by atoms with Crippen molar-refractivity contribution in [3.05, 3.63) is 82.7 Å². The molecule has 3 aromatic rings. The van der Waals surface area contributed by atoms with Crippen LogP contribution in [0.3, 0.4) is 0 Å². The molecule has 0 aliphatic carbocycles. The molecular formula is C27H32N4O2. The van der Waals surface area contributed by atoms with Gasteiger partial charge in [-0.25, -0.2) is 0 Å². The largest absolute Gasteiger partial charge is 0.489 e. The molecule has 0 unspecified atom stereocenters. The van der Waals surface area contributed by atoms with Gasteiger partial charge in [0.2, 0.25) is 5.91 Å². The van der Waals surface area contributed by atoms with Gasteiger partial charge in [-0.05, 0) is 56.0 Å². The molecule has 0 radical (unpaired) electrons. The van der Waals surface area contributed by atoms with Crippen LogP contribution in [0.15, 0.2) is 54.6 Å². The summed E-state index contributed by atoms with van der Waals surface area (Å²) in [7, 11) is 0. The highest BCUT2D eigenvalue weighted by molar-refractivity contribution is 5.76. The maximum Gasteiger partial charge on any atom is 0.223 e. The van der Waals surface area contributed by atoms with Crippen molar-refractivity contribution in [2.45, 2.75) is 59.7 Å². The van der Waals surface area contributed by atoms with Crippen LogP contribution in [0.2, 0.25) is 0 Å². The molecule has 0 saturated heterocycles. The Kier molecular flexibility index (Phi) is 8.65. The highest BCUT2D eigenvalue weighted by Crippen LogP contribution is 2.18. The van der Waals surface area contributed by atoms with Gasteiger partial charge in [0.25, 0.3) is 0 Å². The first kappa shape index (κ1) is 24.1. The molecule has 0 atom stereocenters. The van der Waals surface area contributed by atoms with Crippen LogP contribution in [-0.2, 0) is 30.9 Å². The van der Waals surface area contributed by atoms with Crippen LogP contribution in [0, 0.1) is 25.2 Å². The van der Waals surface area contributed by atoms with Gasteiger partial charge in [-0.15, -0.1) is 0 Å². The van der Waals surface area contributed by atoms with Crippen molar-refractivity contribution in [1.82, 2.24) is 14.7 Å². The second kappa shape index (κ2) is 11.9. The summed E-state index contributed by atoms with van der Waals surface area (Å²) in [4.78, 5) is 14.8. The molecule has 6 heteroatoms. The predicted molar refractivity (Wildman–Crippen MR) is 129 cm³/mol. The highest BCUT2D eigenvalue weighted by Gasteiger charge is 2.16. The summed E-state index contributed by atoms with van der Waals surface area (Å²) in [6, 6.07) is 20.2. The first-order valence-electron chi connectivity index (χ1n) is 11.4. The summed E-state index contributed by atoms with van der Waals surface area (Å²) < 4.78 is 7.73. The first-order chi connectivity index (χ1) is 16.0. The van der Waals surface area contributed by atoms with Crippen LogP contribution in [0.25, 0.3) is 0 Å². The second-order valence-corrected chi connectivity index (χ2v) is 8.11. The van der Waals surface area contributed by atoms with Crippen molar-refractivity contribution in [3.63, 3.8) is 0 Å². The zero-order valence-corrected chi connectivity index (χ0v) is 19.8. The lowest BCUT2D eigenvalue weighted by atomic mass is 10.1. The molecule has 1 heterocycles. The van der Waals surface area contributed by atoms with E-state index in [1.165, 1.54) is 0 Å². The molecule has 0 N–H and O–H groups in total. The van der Waals surface area contributed by atoms with Crippen LogP contribution < -0.4 is 4.74 Å². The molecule has 0 bridgehead atoms. The maximum absolute atomic E-state index is 12.9. The fourth-order valence-electron chi connectivity index (χ4n) is 3.89. The molecule has 6 nitrogen and oxygen atoms in total. The molecule has 0 aliphatic rings. The fraction of sp³-hybridized carbons (Fsp3) is 0.370. The number of hydrogen-bond acceptors (Lipinski definition) is 4. The lowest BCUT2D eigenvalue weighted by Crippen LogP contribution is -2.30. The van der Waals surface area contributed by atoms with Gasteiger partial charge < -0.3 is 9.64 Å². The molecule has 2 aromatic carbocycles. The normalized spacial score (nSPS) is 10.6. The van der Waals surface area contributed by atoms with Crippen molar-refractivity contribution in [3.8, 4) is 11.8 Å². The number of carbonyl (C=O) groups is 1. The number of nitriles is 1. The Morgan fingerprint density at radius 3 is 2.48 bits per heavy atom. The Labute approximate surface area is 196 Å². The second-order valence-electron chi connectivity index (χ2n) is 8.11. The summed E-state index contributed by atoms with van der Waals surface area (Å²) in [5, 5.41) is 13.4. The molecular weight excluding hydrogens is 412 g/mol. The summed E-state index contributed by atoms with van der Waals surface area (Å²) in [5.74, 6) is 0.946. The van der Waals surface area contributed by atoms with Gasteiger partial charge in [0.15, 0.2) is 0 Å². The molecule has 1 aromatic heterocycles. The third kappa shape index (κ3) is 6.69. The van der Waals surface area contributed by atoms with Crippen LogP contribution >= 0.6 is 0 Å². The van der Waals surface area contributed by atoms with E-state index in [0.717, 1.165) is 33.8 Å². The van der Waals surface area contributed by atoms with Crippen molar-refractivity contribution in [1.29, 1.82) is 5.26 Å². The third-order valence-electron chi connectivity index (χ3n) is 5.84. The summed E-state index contributed by atoms with van der Waals surface area (Å²) in [5.41, 5.74) is 5.30. The van der Waals surface area contributed by atoms with E-state index in [1.807, 2.05) is 85.0 Å². The average Bonchev–Trinajstić information content (AvgIpc) is 3.11. The molecule has 172 valence electrons. The Morgan fingerprint density at radius 1 is 1.09 bits per heavy atom. The van der Waals surface area contributed by atoms with Gasteiger partial charge in [-0.3, -0.25) is 9.48 Å². The van der Waals surface area contributed by atoms with E-state index in [4.69, 9.17) is 10.00 Å². The summed E-state index contributed by atoms with van der Waals surface area (Å²) in [6.07, 6.45) is 1.53. The molecule has 0 fully saturated rings. The summed E-state index contributed by atoms with van der Waals surface area (Å²) in [6.45, 7) is 8.34. The monoisotopic (exact) mass is 444 g/mol. The van der Waals surface area contributed by atoms with Crippen molar-refractivity contribution < 1.29 is 9.53 Å². The number of amides is 1. The number of aryl methyl sites for hydroxylation is 2. The minimum absolute atomic E-state index is 0.130. The Balaban J connectivity index is 1.53. The molecule has 1 amide bonds. The number of nitrogens with zero attached hydrogens (tertiary/aromatic N) is 4. The van der Waals surface area contributed by atoms with Crippen molar-refractivity contribution in [2.24, 2.45) is 0 Å². The minimum Gasteiger partial charge on any atom is -0.489 e. The number of carbonyl (C=O) groups excluding carboxylic acids is 1. The van der Waals surface area contributed by atoms with Crippen molar-refractivity contribution in [2.75, 3.05) is 6.54 Å². The zero-order chi connectivity index (χ0) is 23.6. The molecule has 0 saturated carbocycles. The van der Waals surface area contributed by atoms with E-state index in [0.29, 0.717) is 45.5 Å². The Bertz CT molecular complexity index is 1080. The number of aromatic nitrogens is 2. The van der Waals surface area contributed by atoms with E-state index in [9.17, 15) is 4.79 Å². The molecule has 0 spiro atoms. The van der Waals surface area contributed by atoms with Gasteiger partial charge in [0.05, 0.1) is 24.7 Å². The van der Waals surface area contributed by atoms with Gasteiger partial charge in [0, 0.05) is 25.2 Å². The van der Waals surface area contributed by atoms with Crippen molar-refractivity contribution >= 4 is 5.91 Å². The standard InChI is InChI=1S/C27H32N4O2/c1-4-30(27(32)16-15-26-21(2)29-31(22(26)3)18-8-17-28)19-23-11-13-25(14-12-23)33-20-24-9-6-5-7-10-24/h5-7,9-14H,4,8,15-16,18-20H2,1-3H3. The average molecular weight is 445 g/mol. The SMILES string of the molecule is CCN(Cc1ccc(OCc2ccccc2)cc1)C(=O)CCc1c(C)nn(CCC#N)c1C. The topological polar surface area (TPSA) is 71.2 Å². The van der Waals surface area contributed by atoms with Gasteiger partial charge in [-0.2, -0.15) is 10.4 Å². The smallest absolute Gasteiger partial charge is 0.223 e. The number of hydrogen-bond donors (Lipinski definition) is 0. The Hall–Kier alpha value is -3.59.